The van der Waals surface area contributed by atoms with Crippen molar-refractivity contribution in [3.8, 4) is 0 Å². The second-order valence-corrected chi connectivity index (χ2v) is 3.79. The van der Waals surface area contributed by atoms with E-state index < -0.39 is 19.3 Å². The Morgan fingerprint density at radius 2 is 1.75 bits per heavy atom. The Morgan fingerprint density at radius 1 is 1.33 bits per heavy atom. The van der Waals surface area contributed by atoms with Crippen molar-refractivity contribution in [1.29, 1.82) is 0 Å². The molecule has 0 atom stereocenters. The largest absolute Gasteiger partial charge is 1.00 e. The molecule has 0 fully saturated rings. The van der Waals surface area contributed by atoms with Crippen molar-refractivity contribution in [2.24, 2.45) is 0 Å². The first-order chi connectivity index (χ1) is 5.35. The second kappa shape index (κ2) is 11.8. The summed E-state index contributed by atoms with van der Waals surface area (Å²) in [5.41, 5.74) is 0. The fourth-order valence-corrected chi connectivity index (χ4v) is 1.55. The maximum Gasteiger partial charge on any atom is 1.00 e. The van der Waals surface area contributed by atoms with Gasteiger partial charge in [0.15, 0.2) is 0 Å². The Hall–Kier alpha value is 0.834. The molecule has 1 aromatic carbocycles. The van der Waals surface area contributed by atoms with Gasteiger partial charge in [-0.05, 0) is 0 Å². The molecule has 0 aliphatic rings. The van der Waals surface area contributed by atoms with E-state index in [2.05, 4.69) is 12.1 Å². The number of benzene rings is 1. The van der Waals surface area contributed by atoms with E-state index in [1.165, 1.54) is 3.69 Å². The van der Waals surface area contributed by atoms with E-state index in [0.717, 1.165) is 0 Å². The van der Waals surface area contributed by atoms with Gasteiger partial charge in [0.05, 0.1) is 0 Å². The third kappa shape index (κ3) is 8.93. The third-order valence-electron chi connectivity index (χ3n) is 0.997. The molecule has 0 saturated carbocycles. The minimum atomic E-state index is -0.437. The molecular formula is C8H10ClLiMgO. The van der Waals surface area contributed by atoms with E-state index >= 15 is 0 Å². The number of rotatable bonds is 1. The molecule has 0 radical (unpaired) electrons. The molecule has 12 heavy (non-hydrogen) atoms. The Bertz CT molecular complexity index is 172. The fraction of sp³-hybridized carbons (Fsp3) is 0.250. The Morgan fingerprint density at radius 3 is 2.00 bits per heavy atom. The summed E-state index contributed by atoms with van der Waals surface area (Å²) < 4.78 is 1.31. The van der Waals surface area contributed by atoms with Gasteiger partial charge in [-0.1, -0.05) is 37.3 Å². The van der Waals surface area contributed by atoms with E-state index in [-0.39, 0.29) is 25.5 Å². The molecule has 0 aliphatic heterocycles. The number of hydrogen-bond donors (Lipinski definition) is 0. The van der Waals surface area contributed by atoms with Gasteiger partial charge in [-0.25, -0.2) is 0 Å². The van der Waals surface area contributed by atoms with Gasteiger partial charge in [-0.15, -0.1) is 10.3 Å². The third-order valence-corrected chi connectivity index (χ3v) is 2.70. The summed E-state index contributed by atoms with van der Waals surface area (Å²) in [5, 5.41) is 8.93. The number of hydrogen-bond acceptors (Lipinski definition) is 1. The quantitative estimate of drug-likeness (QED) is 0.449. The van der Waals surface area contributed by atoms with Gasteiger partial charge in [-0.2, -0.15) is 0 Å². The molecule has 0 aromatic heterocycles. The van der Waals surface area contributed by atoms with Crippen molar-refractivity contribution >= 4 is 32.0 Å². The van der Waals surface area contributed by atoms with Crippen LogP contribution in [0.2, 0.25) is 0 Å². The van der Waals surface area contributed by atoms with Crippen LogP contribution < -0.4 is 27.7 Å². The smallest absolute Gasteiger partial charge is 0.855 e. The van der Waals surface area contributed by atoms with Crippen molar-refractivity contribution in [2.75, 3.05) is 6.61 Å². The van der Waals surface area contributed by atoms with Crippen LogP contribution in [0.15, 0.2) is 30.3 Å². The van der Waals surface area contributed by atoms with Gasteiger partial charge >= 0.3 is 38.1 Å². The van der Waals surface area contributed by atoms with Gasteiger partial charge in [0.2, 0.25) is 0 Å². The van der Waals surface area contributed by atoms with Gasteiger partial charge in [0.1, 0.15) is 0 Å². The van der Waals surface area contributed by atoms with Crippen LogP contribution in [0.4, 0.5) is 0 Å². The predicted octanol–water partition coefficient (Wildman–Crippen LogP) is -2.46. The SMILES string of the molecule is CC[O-].[Cl][Mg][c]1ccccc1.[Li+]. The molecule has 4 heteroatoms. The molecule has 0 amide bonds. The van der Waals surface area contributed by atoms with E-state index in [1.807, 2.05) is 18.2 Å². The summed E-state index contributed by atoms with van der Waals surface area (Å²) in [5.74, 6) is 0. The predicted molar refractivity (Wildman–Crippen MR) is 48.2 cm³/mol. The van der Waals surface area contributed by atoms with E-state index in [4.69, 9.17) is 14.2 Å². The first-order valence-electron chi connectivity index (χ1n) is 3.53. The Labute approximate surface area is 99.2 Å². The molecule has 0 bridgehead atoms. The summed E-state index contributed by atoms with van der Waals surface area (Å²) in [4.78, 5) is 0. The minimum absolute atomic E-state index is 0. The molecule has 1 nitrogen and oxygen atoms in total. The zero-order valence-electron chi connectivity index (χ0n) is 7.59. The van der Waals surface area contributed by atoms with E-state index in [0.29, 0.717) is 0 Å². The maximum atomic E-state index is 8.93. The van der Waals surface area contributed by atoms with Gasteiger partial charge in [0.25, 0.3) is 0 Å². The van der Waals surface area contributed by atoms with Gasteiger partial charge < -0.3 is 14.2 Å². The number of halogens is 1. The zero-order valence-corrected chi connectivity index (χ0v) is 9.76. The molecule has 0 aliphatic carbocycles. The molecule has 58 valence electrons. The van der Waals surface area contributed by atoms with Crippen LogP contribution in [0, 0.1) is 0 Å². The maximum absolute atomic E-state index is 8.93. The molecule has 0 N–H and O–H groups in total. The summed E-state index contributed by atoms with van der Waals surface area (Å²) in [6, 6.07) is 10.2. The van der Waals surface area contributed by atoms with Gasteiger partial charge in [-0.3, -0.25) is 0 Å². The summed E-state index contributed by atoms with van der Waals surface area (Å²) >= 11 is -0.437. The van der Waals surface area contributed by atoms with E-state index in [9.17, 15) is 0 Å². The normalized spacial score (nSPS) is 6.92. The van der Waals surface area contributed by atoms with Crippen molar-refractivity contribution in [3.05, 3.63) is 30.3 Å². The van der Waals surface area contributed by atoms with E-state index in [1.54, 1.807) is 6.92 Å². The molecule has 1 rings (SSSR count). The van der Waals surface area contributed by atoms with Crippen LogP contribution in [0.5, 0.6) is 0 Å². The van der Waals surface area contributed by atoms with Crippen LogP contribution in [-0.2, 0) is 0 Å². The van der Waals surface area contributed by atoms with Crippen molar-refractivity contribution in [2.45, 2.75) is 6.92 Å². The average Bonchev–Trinajstić information content (AvgIpc) is 2.08. The van der Waals surface area contributed by atoms with Crippen molar-refractivity contribution in [1.82, 2.24) is 0 Å². The van der Waals surface area contributed by atoms with Crippen LogP contribution in [0.25, 0.3) is 0 Å². The molecule has 0 unspecified atom stereocenters. The fourth-order valence-electron chi connectivity index (χ4n) is 0.567. The minimum Gasteiger partial charge on any atom is -0.855 e. The first-order valence-corrected chi connectivity index (χ1v) is 6.37. The average molecular weight is 189 g/mol. The van der Waals surface area contributed by atoms with Gasteiger partial charge in [0, 0.05) is 0 Å². The van der Waals surface area contributed by atoms with Crippen LogP contribution in [-0.4, -0.2) is 25.9 Å². The van der Waals surface area contributed by atoms with Crippen LogP contribution in [0.3, 0.4) is 0 Å². The summed E-state index contributed by atoms with van der Waals surface area (Å²) in [6.07, 6.45) is 0. The monoisotopic (exact) mass is 188 g/mol. The second-order valence-electron chi connectivity index (χ2n) is 1.91. The summed E-state index contributed by atoms with van der Waals surface area (Å²) in [7, 11) is 5.67. The zero-order chi connectivity index (χ0) is 8.53. The van der Waals surface area contributed by atoms with Crippen LogP contribution >= 0.6 is 9.07 Å². The standard InChI is InChI=1S/C6H5.C2H5O.ClH.Li.Mg/c1-2-4-6-5-3-1;1-2-3;;;/h1-5H;2H2,1H3;1H;;/q;-1;;2*+1/p-1. The molecule has 0 spiro atoms. The van der Waals surface area contributed by atoms with Crippen molar-refractivity contribution in [3.63, 3.8) is 0 Å². The summed E-state index contributed by atoms with van der Waals surface area (Å²) in [6.45, 7) is 1.57. The van der Waals surface area contributed by atoms with Crippen molar-refractivity contribution < 1.29 is 24.0 Å². The molecule has 1 aromatic rings. The Balaban J connectivity index is 0. The first kappa shape index (κ1) is 15.3. The Kier molecular flexibility index (Phi) is 15.1. The molecule has 0 saturated heterocycles. The molecular weight excluding hydrogens is 179 g/mol. The van der Waals surface area contributed by atoms with Crippen LogP contribution in [0.1, 0.15) is 6.92 Å². The topological polar surface area (TPSA) is 23.1 Å². The molecule has 0 heterocycles.